The lowest BCUT2D eigenvalue weighted by Gasteiger charge is -2.40. The smallest absolute Gasteiger partial charge is 0.308 e. The molecule has 2 rings (SSSR count). The van der Waals surface area contributed by atoms with Crippen LogP contribution in [0, 0.1) is 5.92 Å². The third-order valence-corrected chi connectivity index (χ3v) is 8.44. The molecule has 1 saturated heterocycles. The number of esters is 1. The van der Waals surface area contributed by atoms with Crippen LogP contribution in [0.1, 0.15) is 39.0 Å². The molecule has 0 unspecified atom stereocenters. The van der Waals surface area contributed by atoms with Crippen molar-refractivity contribution in [3.8, 4) is 0 Å². The lowest BCUT2D eigenvalue weighted by Crippen LogP contribution is -2.50. The Kier molecular flexibility index (Phi) is 4.48. The standard InChI is InChI=1S/C14H27NO2Si/c1-4-17-14(16)12-6-8-13(9-7-12)15-10-5-11-18(15,2)3/h12-13H,4-11H2,1-3H3. The van der Waals surface area contributed by atoms with Crippen LogP contribution < -0.4 is 0 Å². The van der Waals surface area contributed by atoms with Crippen molar-refractivity contribution in [3.63, 3.8) is 0 Å². The van der Waals surface area contributed by atoms with E-state index in [0.717, 1.165) is 18.9 Å². The van der Waals surface area contributed by atoms with Crippen LogP contribution in [0.15, 0.2) is 0 Å². The van der Waals surface area contributed by atoms with Gasteiger partial charge in [-0.2, -0.15) is 0 Å². The Morgan fingerprint density at radius 2 is 1.94 bits per heavy atom. The number of ether oxygens (including phenoxy) is 1. The fraction of sp³-hybridized carbons (Fsp3) is 0.929. The van der Waals surface area contributed by atoms with Gasteiger partial charge in [0.15, 0.2) is 0 Å². The average Bonchev–Trinajstić information content (AvgIpc) is 2.69. The molecule has 1 heterocycles. The van der Waals surface area contributed by atoms with Gasteiger partial charge in [0.25, 0.3) is 0 Å². The molecule has 18 heavy (non-hydrogen) atoms. The zero-order valence-electron chi connectivity index (χ0n) is 12.1. The van der Waals surface area contributed by atoms with Gasteiger partial charge in [0.2, 0.25) is 0 Å². The molecule has 0 spiro atoms. The largest absolute Gasteiger partial charge is 0.466 e. The van der Waals surface area contributed by atoms with Crippen LogP contribution in [0.2, 0.25) is 19.1 Å². The normalized spacial score (nSPS) is 32.4. The molecule has 104 valence electrons. The van der Waals surface area contributed by atoms with Gasteiger partial charge in [-0.15, -0.1) is 0 Å². The van der Waals surface area contributed by atoms with Gasteiger partial charge in [0.05, 0.1) is 12.5 Å². The fourth-order valence-corrected chi connectivity index (χ4v) is 7.01. The molecule has 0 atom stereocenters. The zero-order chi connectivity index (χ0) is 13.2. The molecule has 1 aliphatic heterocycles. The highest BCUT2D eigenvalue weighted by Crippen LogP contribution is 2.35. The minimum atomic E-state index is -1.10. The predicted octanol–water partition coefficient (Wildman–Crippen LogP) is 3.02. The van der Waals surface area contributed by atoms with Crippen molar-refractivity contribution < 1.29 is 9.53 Å². The van der Waals surface area contributed by atoms with Crippen LogP contribution in [0.25, 0.3) is 0 Å². The summed E-state index contributed by atoms with van der Waals surface area (Å²) in [6, 6.07) is 2.20. The van der Waals surface area contributed by atoms with Gasteiger partial charge >= 0.3 is 5.97 Å². The molecule has 0 aromatic heterocycles. The minimum Gasteiger partial charge on any atom is -0.466 e. The van der Waals surface area contributed by atoms with Crippen LogP contribution in [0.5, 0.6) is 0 Å². The molecular weight excluding hydrogens is 242 g/mol. The predicted molar refractivity (Wildman–Crippen MR) is 76.0 cm³/mol. The van der Waals surface area contributed by atoms with E-state index in [4.69, 9.17) is 4.74 Å². The quantitative estimate of drug-likeness (QED) is 0.582. The van der Waals surface area contributed by atoms with Crippen LogP contribution in [-0.2, 0) is 9.53 Å². The van der Waals surface area contributed by atoms with Gasteiger partial charge in [0.1, 0.15) is 8.24 Å². The van der Waals surface area contributed by atoms with E-state index in [1.165, 1.54) is 31.9 Å². The number of hydrogen-bond acceptors (Lipinski definition) is 3. The summed E-state index contributed by atoms with van der Waals surface area (Å²) in [5.41, 5.74) is 0. The highest BCUT2D eigenvalue weighted by molar-refractivity contribution is 6.75. The molecule has 1 saturated carbocycles. The molecule has 0 aromatic carbocycles. The van der Waals surface area contributed by atoms with E-state index in [2.05, 4.69) is 17.7 Å². The Labute approximate surface area is 112 Å². The van der Waals surface area contributed by atoms with Crippen molar-refractivity contribution in [2.45, 2.75) is 64.2 Å². The molecule has 0 aromatic rings. The molecule has 4 heteroatoms. The van der Waals surface area contributed by atoms with E-state index in [0.29, 0.717) is 6.61 Å². The summed E-state index contributed by atoms with van der Waals surface area (Å²) in [5.74, 6) is 0.211. The summed E-state index contributed by atoms with van der Waals surface area (Å²) in [6.07, 6.45) is 5.84. The SMILES string of the molecule is CCOC(=O)C1CCC(N2CCC[Si]2(C)C)CC1. The number of nitrogens with zero attached hydrogens (tertiary/aromatic N) is 1. The van der Waals surface area contributed by atoms with Crippen LogP contribution in [0.4, 0.5) is 0 Å². The summed E-state index contributed by atoms with van der Waals surface area (Å²) >= 11 is 0. The molecule has 1 aliphatic carbocycles. The van der Waals surface area contributed by atoms with E-state index in [1.807, 2.05) is 6.92 Å². The van der Waals surface area contributed by atoms with Gasteiger partial charge in [-0.1, -0.05) is 13.1 Å². The van der Waals surface area contributed by atoms with E-state index in [1.54, 1.807) is 0 Å². The Bertz CT molecular complexity index is 298. The van der Waals surface area contributed by atoms with Crippen molar-refractivity contribution >= 4 is 14.2 Å². The van der Waals surface area contributed by atoms with Crippen molar-refractivity contribution in [2.75, 3.05) is 13.2 Å². The summed E-state index contributed by atoms with van der Waals surface area (Å²) in [7, 11) is -1.10. The third kappa shape index (κ3) is 2.97. The Morgan fingerprint density at radius 3 is 2.44 bits per heavy atom. The second-order valence-corrected chi connectivity index (χ2v) is 11.1. The van der Waals surface area contributed by atoms with E-state index in [-0.39, 0.29) is 11.9 Å². The first-order valence-corrected chi connectivity index (χ1v) is 10.6. The minimum absolute atomic E-state index is 0.0360. The first-order valence-electron chi connectivity index (χ1n) is 7.48. The first-order chi connectivity index (χ1) is 8.54. The summed E-state index contributed by atoms with van der Waals surface area (Å²) < 4.78 is 7.95. The molecule has 0 bridgehead atoms. The monoisotopic (exact) mass is 269 g/mol. The summed E-state index contributed by atoms with van der Waals surface area (Å²) in [4.78, 5) is 11.7. The van der Waals surface area contributed by atoms with E-state index >= 15 is 0 Å². The van der Waals surface area contributed by atoms with Gasteiger partial charge in [0, 0.05) is 6.04 Å². The maximum absolute atomic E-state index is 11.7. The van der Waals surface area contributed by atoms with Gasteiger partial charge < -0.3 is 9.30 Å². The molecule has 0 radical (unpaired) electrons. The van der Waals surface area contributed by atoms with Crippen molar-refractivity contribution in [1.29, 1.82) is 0 Å². The molecule has 3 nitrogen and oxygen atoms in total. The Morgan fingerprint density at radius 1 is 1.28 bits per heavy atom. The van der Waals surface area contributed by atoms with Gasteiger partial charge in [-0.3, -0.25) is 4.79 Å². The molecule has 0 amide bonds. The first kappa shape index (κ1) is 14.1. The van der Waals surface area contributed by atoms with Crippen LogP contribution >= 0.6 is 0 Å². The second kappa shape index (κ2) is 5.74. The van der Waals surface area contributed by atoms with Crippen molar-refractivity contribution in [1.82, 2.24) is 4.57 Å². The number of rotatable bonds is 3. The van der Waals surface area contributed by atoms with Crippen LogP contribution in [0.3, 0.4) is 0 Å². The summed E-state index contributed by atoms with van der Waals surface area (Å²) in [5, 5.41) is 0. The average molecular weight is 269 g/mol. The van der Waals surface area contributed by atoms with E-state index < -0.39 is 8.24 Å². The lowest BCUT2D eigenvalue weighted by molar-refractivity contribution is -0.149. The molecule has 2 aliphatic rings. The number of hydrogen-bond donors (Lipinski definition) is 0. The second-order valence-electron chi connectivity index (χ2n) is 6.37. The van der Waals surface area contributed by atoms with Gasteiger partial charge in [-0.05, 0) is 51.6 Å². The Balaban J connectivity index is 1.85. The topological polar surface area (TPSA) is 29.5 Å². The van der Waals surface area contributed by atoms with E-state index in [9.17, 15) is 4.79 Å². The molecular formula is C14H27NO2Si. The maximum atomic E-state index is 11.7. The van der Waals surface area contributed by atoms with Crippen molar-refractivity contribution in [2.24, 2.45) is 5.92 Å². The molecule has 2 fully saturated rings. The zero-order valence-corrected chi connectivity index (χ0v) is 13.1. The number of carbonyl (C=O) groups excluding carboxylic acids is 1. The van der Waals surface area contributed by atoms with Crippen molar-refractivity contribution in [3.05, 3.63) is 0 Å². The van der Waals surface area contributed by atoms with Gasteiger partial charge in [-0.25, -0.2) is 0 Å². The maximum Gasteiger partial charge on any atom is 0.308 e. The fourth-order valence-electron chi connectivity index (χ4n) is 3.69. The highest BCUT2D eigenvalue weighted by Gasteiger charge is 2.40. The lowest BCUT2D eigenvalue weighted by atomic mass is 9.86. The highest BCUT2D eigenvalue weighted by atomic mass is 28.3. The molecule has 0 N–H and O–H groups in total. The number of carbonyl (C=O) groups is 1. The van der Waals surface area contributed by atoms with Crippen LogP contribution in [-0.4, -0.2) is 38.0 Å². The Hall–Kier alpha value is -0.353. The summed E-state index contributed by atoms with van der Waals surface area (Å²) in [6.45, 7) is 8.70. The third-order valence-electron chi connectivity index (χ3n) is 4.72.